The molecule has 0 radical (unpaired) electrons. The highest BCUT2D eigenvalue weighted by atomic mass is 19.4. The summed E-state index contributed by atoms with van der Waals surface area (Å²) in [6, 6.07) is 4.43. The molecular formula is C10H7F3N2. The molecule has 0 spiro atoms. The van der Waals surface area contributed by atoms with Crippen LogP contribution in [0.4, 0.5) is 13.2 Å². The quantitative estimate of drug-likeness (QED) is 0.717. The highest BCUT2D eigenvalue weighted by Crippen LogP contribution is 2.58. The van der Waals surface area contributed by atoms with Crippen molar-refractivity contribution in [2.75, 3.05) is 0 Å². The minimum Gasteiger partial charge on any atom is -0.245 e. The molecule has 0 aliphatic heterocycles. The molecule has 15 heavy (non-hydrogen) atoms. The fraction of sp³-hybridized carbons (Fsp3) is 0.400. The summed E-state index contributed by atoms with van der Waals surface area (Å²) in [4.78, 5) is 3.66. The molecule has 1 saturated carbocycles. The van der Waals surface area contributed by atoms with E-state index in [2.05, 4.69) is 4.98 Å². The Kier molecular flexibility index (Phi) is 1.97. The minimum atomic E-state index is -4.22. The number of aromatic nitrogens is 1. The summed E-state index contributed by atoms with van der Waals surface area (Å²) in [5.41, 5.74) is -1.40. The van der Waals surface area contributed by atoms with Crippen molar-refractivity contribution in [2.45, 2.75) is 24.4 Å². The van der Waals surface area contributed by atoms with Crippen molar-refractivity contribution >= 4 is 0 Å². The highest BCUT2D eigenvalue weighted by Gasteiger charge is 2.64. The van der Waals surface area contributed by atoms with Gasteiger partial charge < -0.3 is 0 Å². The molecule has 0 unspecified atom stereocenters. The maximum atomic E-state index is 12.7. The van der Waals surface area contributed by atoms with Gasteiger partial charge in [-0.2, -0.15) is 18.4 Å². The van der Waals surface area contributed by atoms with E-state index in [9.17, 15) is 13.2 Å². The van der Waals surface area contributed by atoms with E-state index in [1.165, 1.54) is 12.1 Å². The second kappa shape index (κ2) is 2.96. The van der Waals surface area contributed by atoms with Gasteiger partial charge in [0.25, 0.3) is 0 Å². The monoisotopic (exact) mass is 212 g/mol. The Balaban J connectivity index is 2.36. The molecule has 1 aliphatic rings. The second-order valence-electron chi connectivity index (χ2n) is 3.62. The number of alkyl halides is 3. The van der Waals surface area contributed by atoms with Crippen molar-refractivity contribution in [3.8, 4) is 6.07 Å². The van der Waals surface area contributed by atoms with Gasteiger partial charge in [0.05, 0.1) is 5.41 Å². The van der Waals surface area contributed by atoms with Crippen LogP contribution in [0.25, 0.3) is 0 Å². The van der Waals surface area contributed by atoms with E-state index in [0.29, 0.717) is 0 Å². The van der Waals surface area contributed by atoms with Gasteiger partial charge in [-0.25, -0.2) is 4.98 Å². The van der Waals surface area contributed by atoms with Crippen LogP contribution in [-0.2, 0) is 5.41 Å². The molecule has 0 atom stereocenters. The lowest BCUT2D eigenvalue weighted by Crippen LogP contribution is -2.28. The van der Waals surface area contributed by atoms with Gasteiger partial charge in [0, 0.05) is 6.20 Å². The number of hydrogen-bond donors (Lipinski definition) is 0. The molecule has 78 valence electrons. The van der Waals surface area contributed by atoms with Gasteiger partial charge in [-0.1, -0.05) is 6.07 Å². The van der Waals surface area contributed by atoms with Gasteiger partial charge in [0.2, 0.25) is 0 Å². The third-order valence-corrected chi connectivity index (χ3v) is 2.72. The van der Waals surface area contributed by atoms with Crippen LogP contribution < -0.4 is 0 Å². The lowest BCUT2D eigenvalue weighted by atomic mass is 9.97. The van der Waals surface area contributed by atoms with Crippen molar-refractivity contribution in [1.82, 2.24) is 4.98 Å². The highest BCUT2D eigenvalue weighted by molar-refractivity contribution is 5.34. The van der Waals surface area contributed by atoms with Crippen LogP contribution in [0.5, 0.6) is 0 Å². The molecule has 1 aromatic heterocycles. The van der Waals surface area contributed by atoms with Crippen LogP contribution in [0.15, 0.2) is 18.3 Å². The van der Waals surface area contributed by atoms with Crippen molar-refractivity contribution in [3.63, 3.8) is 0 Å². The van der Waals surface area contributed by atoms with Gasteiger partial charge >= 0.3 is 6.18 Å². The Labute approximate surface area is 84.4 Å². The third kappa shape index (κ3) is 1.46. The number of nitriles is 1. The maximum absolute atomic E-state index is 12.7. The minimum absolute atomic E-state index is 0.115. The third-order valence-electron chi connectivity index (χ3n) is 2.72. The molecule has 0 bridgehead atoms. The van der Waals surface area contributed by atoms with Crippen LogP contribution in [0.3, 0.4) is 0 Å². The lowest BCUT2D eigenvalue weighted by Gasteiger charge is -2.18. The largest absolute Gasteiger partial charge is 0.398 e. The van der Waals surface area contributed by atoms with Crippen LogP contribution in [0.2, 0.25) is 0 Å². The van der Waals surface area contributed by atoms with E-state index in [4.69, 9.17) is 5.26 Å². The molecule has 1 fully saturated rings. The molecule has 0 amide bonds. The van der Waals surface area contributed by atoms with Crippen molar-refractivity contribution < 1.29 is 13.2 Å². The molecule has 2 rings (SSSR count). The Hall–Kier alpha value is -1.57. The molecule has 5 heteroatoms. The first kappa shape index (κ1) is 9.97. The van der Waals surface area contributed by atoms with E-state index in [0.717, 1.165) is 6.20 Å². The van der Waals surface area contributed by atoms with Gasteiger partial charge in [-0.3, -0.25) is 0 Å². The molecule has 1 aromatic rings. The van der Waals surface area contributed by atoms with Crippen molar-refractivity contribution in [1.29, 1.82) is 5.26 Å². The van der Waals surface area contributed by atoms with Gasteiger partial charge in [0.1, 0.15) is 11.8 Å². The fourth-order valence-corrected chi connectivity index (χ4v) is 1.60. The van der Waals surface area contributed by atoms with Crippen LogP contribution in [-0.4, -0.2) is 11.2 Å². The molecule has 2 nitrogen and oxygen atoms in total. The van der Waals surface area contributed by atoms with Crippen LogP contribution in [0, 0.1) is 11.3 Å². The van der Waals surface area contributed by atoms with E-state index < -0.39 is 11.6 Å². The number of nitrogens with zero attached hydrogens (tertiary/aromatic N) is 2. The summed E-state index contributed by atoms with van der Waals surface area (Å²) in [6.07, 6.45) is -2.84. The van der Waals surface area contributed by atoms with Crippen molar-refractivity contribution in [3.05, 3.63) is 29.6 Å². The summed E-state index contributed by atoms with van der Waals surface area (Å²) >= 11 is 0. The Morgan fingerprint density at radius 2 is 2.00 bits per heavy atom. The normalized spacial score (nSPS) is 18.3. The van der Waals surface area contributed by atoms with E-state index in [-0.39, 0.29) is 24.1 Å². The van der Waals surface area contributed by atoms with Gasteiger partial charge in [-0.05, 0) is 24.5 Å². The molecular weight excluding hydrogens is 205 g/mol. The average molecular weight is 212 g/mol. The van der Waals surface area contributed by atoms with Crippen LogP contribution in [0.1, 0.15) is 24.1 Å². The van der Waals surface area contributed by atoms with E-state index >= 15 is 0 Å². The topological polar surface area (TPSA) is 36.7 Å². The second-order valence-corrected chi connectivity index (χ2v) is 3.62. The van der Waals surface area contributed by atoms with E-state index in [1.54, 1.807) is 6.07 Å². The van der Waals surface area contributed by atoms with E-state index in [1.807, 2.05) is 0 Å². The number of pyridine rings is 1. The molecule has 0 aromatic carbocycles. The first-order valence-electron chi connectivity index (χ1n) is 4.43. The summed E-state index contributed by atoms with van der Waals surface area (Å²) in [5, 5.41) is 8.47. The number of halogens is 3. The zero-order valence-electron chi connectivity index (χ0n) is 7.67. The Morgan fingerprint density at radius 3 is 2.33 bits per heavy atom. The standard InChI is InChI=1S/C10H7F3N2/c11-10(12,13)9(3-4-9)7-1-2-8(5-14)15-6-7/h1-2,6H,3-4H2. The maximum Gasteiger partial charge on any atom is 0.398 e. The molecule has 1 heterocycles. The predicted molar refractivity (Wildman–Crippen MR) is 45.9 cm³/mol. The molecule has 0 N–H and O–H groups in total. The van der Waals surface area contributed by atoms with Crippen LogP contribution >= 0.6 is 0 Å². The van der Waals surface area contributed by atoms with Gasteiger partial charge in [-0.15, -0.1) is 0 Å². The average Bonchev–Trinajstić information content (AvgIpc) is 2.98. The SMILES string of the molecule is N#Cc1ccc(C2(C(F)(F)F)CC2)cn1. The first-order chi connectivity index (χ1) is 6.99. The Bertz CT molecular complexity index is 410. The smallest absolute Gasteiger partial charge is 0.245 e. The summed E-state index contributed by atoms with van der Waals surface area (Å²) in [7, 11) is 0. The van der Waals surface area contributed by atoms with Crippen molar-refractivity contribution in [2.24, 2.45) is 0 Å². The number of rotatable bonds is 1. The zero-order valence-corrected chi connectivity index (χ0v) is 7.67. The molecule has 0 saturated heterocycles. The first-order valence-corrected chi connectivity index (χ1v) is 4.43. The predicted octanol–water partition coefficient (Wildman–Crippen LogP) is 2.55. The Morgan fingerprint density at radius 1 is 1.33 bits per heavy atom. The number of hydrogen-bond acceptors (Lipinski definition) is 2. The fourth-order valence-electron chi connectivity index (χ4n) is 1.60. The zero-order chi connectivity index (χ0) is 11.1. The lowest BCUT2D eigenvalue weighted by molar-refractivity contribution is -0.160. The van der Waals surface area contributed by atoms with Gasteiger partial charge in [0.15, 0.2) is 0 Å². The summed E-state index contributed by atoms with van der Waals surface area (Å²) < 4.78 is 38.0. The molecule has 1 aliphatic carbocycles. The summed E-state index contributed by atoms with van der Waals surface area (Å²) in [5.74, 6) is 0. The summed E-state index contributed by atoms with van der Waals surface area (Å²) in [6.45, 7) is 0.